The predicted octanol–water partition coefficient (Wildman–Crippen LogP) is 3.85. The number of benzene rings is 2. The van der Waals surface area contributed by atoms with Crippen LogP contribution < -0.4 is 4.74 Å². The monoisotopic (exact) mass is 268 g/mol. The van der Waals surface area contributed by atoms with E-state index in [1.165, 1.54) is 0 Å². The maximum atomic E-state index is 10.8. The van der Waals surface area contributed by atoms with Gasteiger partial charge in [0.25, 0.3) is 0 Å². The minimum Gasteiger partial charge on any atom is -0.497 e. The number of aliphatic carboxylic acids is 1. The molecule has 0 bridgehead atoms. The Morgan fingerprint density at radius 1 is 1.00 bits per heavy atom. The number of ether oxygens (including phenoxy) is 1. The molecule has 0 fully saturated rings. The van der Waals surface area contributed by atoms with Gasteiger partial charge in [0.2, 0.25) is 0 Å². The first-order valence-corrected chi connectivity index (χ1v) is 6.26. The fourth-order valence-corrected chi connectivity index (χ4v) is 1.87. The number of methoxy groups -OCH3 is 1. The van der Waals surface area contributed by atoms with Gasteiger partial charge in [-0.3, -0.25) is 0 Å². The molecule has 3 heteroatoms. The van der Waals surface area contributed by atoms with Crippen LogP contribution in [0.2, 0.25) is 0 Å². The lowest BCUT2D eigenvalue weighted by Crippen LogP contribution is -1.95. The molecule has 3 nitrogen and oxygen atoms in total. The Labute approximate surface area is 118 Å². The first-order chi connectivity index (χ1) is 9.60. The van der Waals surface area contributed by atoms with E-state index in [9.17, 15) is 4.79 Å². The average Bonchev–Trinajstić information content (AvgIpc) is 2.48. The Kier molecular flexibility index (Phi) is 4.20. The Morgan fingerprint density at radius 2 is 1.50 bits per heavy atom. The van der Waals surface area contributed by atoms with Crippen molar-refractivity contribution in [2.75, 3.05) is 7.11 Å². The number of carboxylic acids is 1. The summed E-state index contributed by atoms with van der Waals surface area (Å²) in [4.78, 5) is 10.8. The number of carbonyl (C=O) groups is 1. The highest BCUT2D eigenvalue weighted by atomic mass is 16.5. The van der Waals surface area contributed by atoms with Crippen LogP contribution in [-0.2, 0) is 4.79 Å². The number of hydrogen-bond donors (Lipinski definition) is 1. The molecule has 0 spiro atoms. The van der Waals surface area contributed by atoms with E-state index in [1.54, 1.807) is 20.1 Å². The normalized spacial score (nSPS) is 11.2. The molecule has 2 aromatic rings. The Balaban J connectivity index is 2.23. The highest BCUT2D eigenvalue weighted by molar-refractivity contribution is 5.91. The molecule has 0 amide bonds. The second kappa shape index (κ2) is 6.06. The summed E-state index contributed by atoms with van der Waals surface area (Å²) in [5.41, 5.74) is 3.37. The molecular formula is C17H16O3. The Morgan fingerprint density at radius 3 is 1.95 bits per heavy atom. The van der Waals surface area contributed by atoms with Crippen LogP contribution in [0.25, 0.3) is 17.2 Å². The summed E-state index contributed by atoms with van der Waals surface area (Å²) < 4.78 is 5.13. The molecule has 0 aliphatic rings. The lowest BCUT2D eigenvalue weighted by Gasteiger charge is -2.04. The first kappa shape index (κ1) is 13.9. The van der Waals surface area contributed by atoms with Gasteiger partial charge in [-0.25, -0.2) is 4.79 Å². The number of rotatable bonds is 4. The SMILES string of the molecule is COc1ccc(-c2ccc(/C=C(\C)C(=O)O)cc2)cc1. The third kappa shape index (κ3) is 3.26. The summed E-state index contributed by atoms with van der Waals surface area (Å²) in [5.74, 6) is -0.0744. The van der Waals surface area contributed by atoms with Crippen LogP contribution in [0.15, 0.2) is 54.1 Å². The zero-order valence-corrected chi connectivity index (χ0v) is 11.5. The van der Waals surface area contributed by atoms with Crippen LogP contribution in [0.1, 0.15) is 12.5 Å². The molecule has 0 aromatic heterocycles. The van der Waals surface area contributed by atoms with Crippen molar-refractivity contribution in [3.63, 3.8) is 0 Å². The molecule has 0 radical (unpaired) electrons. The third-order valence-electron chi connectivity index (χ3n) is 3.05. The highest BCUT2D eigenvalue weighted by Gasteiger charge is 2.01. The predicted molar refractivity (Wildman–Crippen MR) is 79.7 cm³/mol. The van der Waals surface area contributed by atoms with E-state index in [-0.39, 0.29) is 0 Å². The molecule has 0 saturated heterocycles. The fraction of sp³-hybridized carbons (Fsp3) is 0.118. The Hall–Kier alpha value is -2.55. The van der Waals surface area contributed by atoms with Crippen LogP contribution in [0, 0.1) is 0 Å². The van der Waals surface area contributed by atoms with Gasteiger partial charge in [-0.1, -0.05) is 36.4 Å². The maximum Gasteiger partial charge on any atom is 0.331 e. The van der Waals surface area contributed by atoms with Crippen molar-refractivity contribution >= 4 is 12.0 Å². The Bertz CT molecular complexity index is 622. The zero-order valence-electron chi connectivity index (χ0n) is 11.5. The molecular weight excluding hydrogens is 252 g/mol. The number of carboxylic acid groups (broad SMARTS) is 1. The van der Waals surface area contributed by atoms with Crippen molar-refractivity contribution in [3.05, 3.63) is 59.7 Å². The van der Waals surface area contributed by atoms with Gasteiger partial charge < -0.3 is 9.84 Å². The van der Waals surface area contributed by atoms with E-state index in [0.29, 0.717) is 5.57 Å². The molecule has 2 rings (SSSR count). The van der Waals surface area contributed by atoms with E-state index in [1.807, 2.05) is 48.5 Å². The van der Waals surface area contributed by atoms with Gasteiger partial charge >= 0.3 is 5.97 Å². The molecule has 102 valence electrons. The van der Waals surface area contributed by atoms with Crippen molar-refractivity contribution < 1.29 is 14.6 Å². The fourth-order valence-electron chi connectivity index (χ4n) is 1.87. The van der Waals surface area contributed by atoms with E-state index in [0.717, 1.165) is 22.4 Å². The van der Waals surface area contributed by atoms with Crippen LogP contribution in [0.5, 0.6) is 5.75 Å². The van der Waals surface area contributed by atoms with Gasteiger partial charge in [-0.2, -0.15) is 0 Å². The first-order valence-electron chi connectivity index (χ1n) is 6.26. The van der Waals surface area contributed by atoms with Crippen LogP contribution in [0.3, 0.4) is 0 Å². The molecule has 2 aromatic carbocycles. The second-order valence-electron chi connectivity index (χ2n) is 4.48. The van der Waals surface area contributed by atoms with Crippen LogP contribution >= 0.6 is 0 Å². The van der Waals surface area contributed by atoms with E-state index < -0.39 is 5.97 Å². The van der Waals surface area contributed by atoms with Crippen molar-refractivity contribution in [1.29, 1.82) is 0 Å². The average molecular weight is 268 g/mol. The highest BCUT2D eigenvalue weighted by Crippen LogP contribution is 2.23. The molecule has 0 aliphatic heterocycles. The van der Waals surface area contributed by atoms with Crippen molar-refractivity contribution in [2.24, 2.45) is 0 Å². The largest absolute Gasteiger partial charge is 0.497 e. The van der Waals surface area contributed by atoms with Gasteiger partial charge in [-0.15, -0.1) is 0 Å². The molecule has 20 heavy (non-hydrogen) atoms. The van der Waals surface area contributed by atoms with E-state index >= 15 is 0 Å². The molecule has 0 aliphatic carbocycles. The van der Waals surface area contributed by atoms with Crippen LogP contribution in [-0.4, -0.2) is 18.2 Å². The molecule has 1 N–H and O–H groups in total. The molecule has 0 unspecified atom stereocenters. The van der Waals surface area contributed by atoms with E-state index in [4.69, 9.17) is 9.84 Å². The maximum absolute atomic E-state index is 10.8. The molecule has 0 heterocycles. The summed E-state index contributed by atoms with van der Waals surface area (Å²) in [6.45, 7) is 1.58. The lowest BCUT2D eigenvalue weighted by molar-refractivity contribution is -0.132. The number of hydrogen-bond acceptors (Lipinski definition) is 2. The smallest absolute Gasteiger partial charge is 0.331 e. The quantitative estimate of drug-likeness (QED) is 0.857. The zero-order chi connectivity index (χ0) is 14.5. The van der Waals surface area contributed by atoms with Gasteiger partial charge in [0, 0.05) is 5.57 Å². The van der Waals surface area contributed by atoms with Crippen molar-refractivity contribution in [3.8, 4) is 16.9 Å². The van der Waals surface area contributed by atoms with Gasteiger partial charge in [-0.05, 0) is 41.8 Å². The summed E-state index contributed by atoms with van der Waals surface area (Å²) in [6, 6.07) is 15.6. The van der Waals surface area contributed by atoms with Crippen LogP contribution in [0.4, 0.5) is 0 Å². The van der Waals surface area contributed by atoms with Gasteiger partial charge in [0.05, 0.1) is 7.11 Å². The molecule has 0 atom stereocenters. The minimum absolute atomic E-state index is 0.321. The second-order valence-corrected chi connectivity index (χ2v) is 4.48. The van der Waals surface area contributed by atoms with Gasteiger partial charge in [0.1, 0.15) is 5.75 Å². The van der Waals surface area contributed by atoms with Crippen molar-refractivity contribution in [1.82, 2.24) is 0 Å². The van der Waals surface area contributed by atoms with Crippen molar-refractivity contribution in [2.45, 2.75) is 6.92 Å². The van der Waals surface area contributed by atoms with Gasteiger partial charge in [0.15, 0.2) is 0 Å². The third-order valence-corrected chi connectivity index (χ3v) is 3.05. The summed E-state index contributed by atoms with van der Waals surface area (Å²) >= 11 is 0. The molecule has 0 saturated carbocycles. The van der Waals surface area contributed by atoms with E-state index in [2.05, 4.69) is 0 Å². The standard InChI is InChI=1S/C17H16O3/c1-12(17(18)19)11-13-3-5-14(6-4-13)15-7-9-16(20-2)10-8-15/h3-11H,1-2H3,(H,18,19)/b12-11+. The lowest BCUT2D eigenvalue weighted by atomic mass is 10.0. The summed E-state index contributed by atoms with van der Waals surface area (Å²) in [7, 11) is 1.64. The summed E-state index contributed by atoms with van der Waals surface area (Å²) in [5, 5.41) is 8.85. The minimum atomic E-state index is -0.899. The topological polar surface area (TPSA) is 46.5 Å². The summed E-state index contributed by atoms with van der Waals surface area (Å²) in [6.07, 6.45) is 1.65.